The number of rotatable bonds is 6. The van der Waals surface area contributed by atoms with Gasteiger partial charge in [0.25, 0.3) is 11.6 Å². The summed E-state index contributed by atoms with van der Waals surface area (Å²) >= 11 is 0. The van der Waals surface area contributed by atoms with E-state index < -0.39 is 22.5 Å². The van der Waals surface area contributed by atoms with E-state index in [9.17, 15) is 23.7 Å². The molecule has 0 radical (unpaired) electrons. The van der Waals surface area contributed by atoms with Crippen LogP contribution in [0.1, 0.15) is 16.1 Å². The van der Waals surface area contributed by atoms with Gasteiger partial charge < -0.3 is 10.1 Å². The van der Waals surface area contributed by atoms with Crippen molar-refractivity contribution in [1.29, 1.82) is 5.26 Å². The highest BCUT2D eigenvalue weighted by Gasteiger charge is 2.15. The number of nitro groups is 1. The van der Waals surface area contributed by atoms with Gasteiger partial charge in [-0.3, -0.25) is 14.9 Å². The van der Waals surface area contributed by atoms with Gasteiger partial charge in [0.15, 0.2) is 24.0 Å². The summed E-state index contributed by atoms with van der Waals surface area (Å²) in [6.45, 7) is -0.239. The molecule has 0 unspecified atom stereocenters. The second-order valence-corrected chi connectivity index (χ2v) is 5.64. The van der Waals surface area contributed by atoms with E-state index >= 15 is 0 Å². The van der Waals surface area contributed by atoms with Crippen LogP contribution in [0.25, 0.3) is 0 Å². The van der Waals surface area contributed by atoms with Gasteiger partial charge in [0.05, 0.1) is 16.2 Å². The molecule has 1 amide bonds. The van der Waals surface area contributed by atoms with Crippen LogP contribution in [0.15, 0.2) is 48.7 Å². The Kier molecular flexibility index (Phi) is 5.45. The third-order valence-electron chi connectivity index (χ3n) is 3.70. The molecule has 0 aliphatic carbocycles. The van der Waals surface area contributed by atoms with E-state index in [4.69, 9.17) is 10.00 Å². The lowest BCUT2D eigenvalue weighted by atomic mass is 10.1. The number of carbonyl (C=O) groups excluding carboxylic acids is 1. The maximum Gasteiger partial charge on any atom is 0.276 e. The molecule has 11 heteroatoms. The monoisotopic (exact) mass is 399 g/mol. The van der Waals surface area contributed by atoms with Crippen molar-refractivity contribution in [3.8, 4) is 11.8 Å². The molecule has 3 rings (SSSR count). The number of benzene rings is 2. The van der Waals surface area contributed by atoms with Gasteiger partial charge in [0, 0.05) is 24.4 Å². The van der Waals surface area contributed by atoms with Crippen LogP contribution >= 0.6 is 0 Å². The molecule has 9 nitrogen and oxygen atoms in total. The number of nitrogens with zero attached hydrogens (tertiary/aromatic N) is 4. The number of anilines is 1. The molecule has 0 saturated carbocycles. The van der Waals surface area contributed by atoms with Crippen LogP contribution in [0, 0.1) is 33.1 Å². The zero-order valence-electron chi connectivity index (χ0n) is 14.5. The lowest BCUT2D eigenvalue weighted by Crippen LogP contribution is -2.15. The second-order valence-electron chi connectivity index (χ2n) is 5.64. The van der Waals surface area contributed by atoms with Gasteiger partial charge in [0.2, 0.25) is 0 Å². The van der Waals surface area contributed by atoms with Crippen molar-refractivity contribution in [3.63, 3.8) is 0 Å². The van der Waals surface area contributed by atoms with Crippen LogP contribution < -0.4 is 10.1 Å². The number of nitro benzene ring substituents is 1. The Balaban J connectivity index is 1.68. The molecule has 1 aromatic heterocycles. The summed E-state index contributed by atoms with van der Waals surface area (Å²) < 4.78 is 32.8. The Morgan fingerprint density at radius 3 is 2.76 bits per heavy atom. The number of non-ortho nitro benzene ring substituents is 1. The summed E-state index contributed by atoms with van der Waals surface area (Å²) in [5.74, 6) is -2.47. The molecule has 1 N–H and O–H groups in total. The number of ether oxygens (including phenoxy) is 1. The fourth-order valence-corrected chi connectivity index (χ4v) is 2.32. The number of halogens is 2. The molecular formula is C18H11F2N5O4. The summed E-state index contributed by atoms with van der Waals surface area (Å²) in [5, 5.41) is 26.3. The standard InChI is InChI=1S/C18H11F2N5O4/c19-12-1-4-17(14(20)8-12)29-10-24-6-5-16(23-24)18(26)22-15-3-2-13(25(27)28)7-11(15)9-21/h1-8H,10H2,(H,22,26). The zero-order chi connectivity index (χ0) is 21.0. The zero-order valence-corrected chi connectivity index (χ0v) is 14.5. The van der Waals surface area contributed by atoms with E-state index in [1.807, 2.05) is 0 Å². The molecule has 0 fully saturated rings. The van der Waals surface area contributed by atoms with Gasteiger partial charge >= 0.3 is 0 Å². The van der Waals surface area contributed by atoms with E-state index in [1.54, 1.807) is 6.07 Å². The number of amides is 1. The van der Waals surface area contributed by atoms with Crippen molar-refractivity contribution in [2.24, 2.45) is 0 Å². The summed E-state index contributed by atoms with van der Waals surface area (Å²) in [7, 11) is 0. The predicted molar refractivity (Wildman–Crippen MR) is 95.0 cm³/mol. The highest BCUT2D eigenvalue weighted by atomic mass is 19.1. The predicted octanol–water partition coefficient (Wildman–Crippen LogP) is 3.23. The molecule has 0 aliphatic heterocycles. The average molecular weight is 399 g/mol. The third-order valence-corrected chi connectivity index (χ3v) is 3.70. The molecule has 0 aliphatic rings. The Hall–Kier alpha value is -4.33. The quantitative estimate of drug-likeness (QED) is 0.501. The van der Waals surface area contributed by atoms with Gasteiger partial charge in [-0.1, -0.05) is 0 Å². The Morgan fingerprint density at radius 2 is 2.07 bits per heavy atom. The van der Waals surface area contributed by atoms with Gasteiger partial charge in [-0.05, 0) is 24.3 Å². The van der Waals surface area contributed by atoms with Gasteiger partial charge in [-0.15, -0.1) is 0 Å². The van der Waals surface area contributed by atoms with E-state index in [0.29, 0.717) is 6.07 Å². The summed E-state index contributed by atoms with van der Waals surface area (Å²) in [5.41, 5.74) is -0.311. The number of aromatic nitrogens is 2. The topological polar surface area (TPSA) is 123 Å². The van der Waals surface area contributed by atoms with E-state index in [2.05, 4.69) is 10.4 Å². The Labute approximate surface area is 161 Å². The van der Waals surface area contributed by atoms with Crippen LogP contribution in [0.5, 0.6) is 5.75 Å². The van der Waals surface area contributed by atoms with Gasteiger partial charge in [-0.25, -0.2) is 13.5 Å². The number of hydrogen-bond donors (Lipinski definition) is 1. The Bertz CT molecular complexity index is 1140. The normalized spacial score (nSPS) is 10.2. The maximum atomic E-state index is 13.6. The largest absolute Gasteiger partial charge is 0.468 e. The minimum Gasteiger partial charge on any atom is -0.468 e. The van der Waals surface area contributed by atoms with E-state index in [-0.39, 0.29) is 35.1 Å². The first-order valence-corrected chi connectivity index (χ1v) is 7.98. The lowest BCUT2D eigenvalue weighted by Gasteiger charge is -2.07. The van der Waals surface area contributed by atoms with Crippen LogP contribution in [-0.2, 0) is 6.73 Å². The van der Waals surface area contributed by atoms with Crippen LogP contribution in [-0.4, -0.2) is 20.6 Å². The number of nitrogens with one attached hydrogen (secondary N) is 1. The first-order chi connectivity index (χ1) is 13.9. The molecule has 146 valence electrons. The molecule has 0 bridgehead atoms. The maximum absolute atomic E-state index is 13.6. The second kappa shape index (κ2) is 8.13. The SMILES string of the molecule is N#Cc1cc([N+](=O)[O-])ccc1NC(=O)c1ccn(COc2ccc(F)cc2F)n1. The van der Waals surface area contributed by atoms with Gasteiger partial charge in [-0.2, -0.15) is 10.4 Å². The van der Waals surface area contributed by atoms with E-state index in [0.717, 1.165) is 24.3 Å². The summed E-state index contributed by atoms with van der Waals surface area (Å²) in [4.78, 5) is 22.4. The summed E-state index contributed by atoms with van der Waals surface area (Å²) in [6, 6.07) is 9.41. The van der Waals surface area contributed by atoms with Crippen LogP contribution in [0.3, 0.4) is 0 Å². The molecule has 2 aromatic carbocycles. The highest BCUT2D eigenvalue weighted by molar-refractivity contribution is 6.03. The highest BCUT2D eigenvalue weighted by Crippen LogP contribution is 2.22. The van der Waals surface area contributed by atoms with Crippen molar-refractivity contribution >= 4 is 17.3 Å². The molecule has 0 atom stereocenters. The summed E-state index contributed by atoms with van der Waals surface area (Å²) in [6.07, 6.45) is 1.40. The first-order valence-electron chi connectivity index (χ1n) is 7.98. The van der Waals surface area contributed by atoms with E-state index in [1.165, 1.54) is 23.0 Å². The smallest absolute Gasteiger partial charge is 0.276 e. The molecule has 0 saturated heterocycles. The lowest BCUT2D eigenvalue weighted by molar-refractivity contribution is -0.384. The molecular weight excluding hydrogens is 388 g/mol. The van der Waals surface area contributed by atoms with Gasteiger partial charge in [0.1, 0.15) is 11.9 Å². The van der Waals surface area contributed by atoms with Crippen LogP contribution in [0.2, 0.25) is 0 Å². The Morgan fingerprint density at radius 1 is 1.28 bits per heavy atom. The fourth-order valence-electron chi connectivity index (χ4n) is 2.32. The van der Waals surface area contributed by atoms with Crippen molar-refractivity contribution in [2.45, 2.75) is 6.73 Å². The molecule has 3 aromatic rings. The minimum atomic E-state index is -0.877. The number of hydrogen-bond acceptors (Lipinski definition) is 6. The molecule has 1 heterocycles. The molecule has 29 heavy (non-hydrogen) atoms. The number of nitriles is 1. The number of carbonyl (C=O) groups is 1. The van der Waals surface area contributed by atoms with Crippen molar-refractivity contribution < 1.29 is 23.2 Å². The fraction of sp³-hybridized carbons (Fsp3) is 0.0556. The van der Waals surface area contributed by atoms with Crippen molar-refractivity contribution in [2.75, 3.05) is 5.32 Å². The van der Waals surface area contributed by atoms with Crippen molar-refractivity contribution in [1.82, 2.24) is 9.78 Å². The van der Waals surface area contributed by atoms with Crippen molar-refractivity contribution in [3.05, 3.63) is 81.7 Å². The third kappa shape index (κ3) is 4.51. The first kappa shape index (κ1) is 19.4. The minimum absolute atomic E-state index is 0.0320. The van der Waals surface area contributed by atoms with Crippen LogP contribution in [0.4, 0.5) is 20.2 Å². The molecule has 0 spiro atoms. The average Bonchev–Trinajstić information content (AvgIpc) is 3.16.